The Bertz CT molecular complexity index is 1140. The van der Waals surface area contributed by atoms with Gasteiger partial charge in [-0.25, -0.2) is 4.79 Å². The van der Waals surface area contributed by atoms with E-state index in [4.69, 9.17) is 5.11 Å². The lowest BCUT2D eigenvalue weighted by Gasteiger charge is -2.33. The number of fused-ring (bicyclic) bond motifs is 1. The molecule has 0 saturated heterocycles. The minimum atomic E-state index is -1.02. The van der Waals surface area contributed by atoms with Crippen LogP contribution in [-0.4, -0.2) is 72.6 Å². The minimum Gasteiger partial charge on any atom is -0.478 e. The fraction of sp³-hybridized carbons (Fsp3) is 0.594. The van der Waals surface area contributed by atoms with E-state index in [-0.39, 0.29) is 30.5 Å². The van der Waals surface area contributed by atoms with Gasteiger partial charge in [0.15, 0.2) is 0 Å². The number of aryl methyl sites for hydroxylation is 1. The van der Waals surface area contributed by atoms with Crippen LogP contribution in [0.3, 0.4) is 0 Å². The fourth-order valence-corrected chi connectivity index (χ4v) is 3.94. The normalized spacial score (nSPS) is 12.2. The van der Waals surface area contributed by atoms with Crippen molar-refractivity contribution in [1.29, 1.82) is 0 Å². The van der Waals surface area contributed by atoms with Gasteiger partial charge in [-0.15, -0.1) is 0 Å². The van der Waals surface area contributed by atoms with E-state index in [2.05, 4.69) is 79.7 Å². The van der Waals surface area contributed by atoms with Gasteiger partial charge in [0, 0.05) is 49.9 Å². The number of aromatic nitrogens is 1. The van der Waals surface area contributed by atoms with Crippen LogP contribution in [0, 0.1) is 5.41 Å². The maximum Gasteiger partial charge on any atom is 0.331 e. The lowest BCUT2D eigenvalue weighted by Crippen LogP contribution is -2.55. The maximum absolute atomic E-state index is 12.5. The van der Waals surface area contributed by atoms with Crippen LogP contribution in [0.15, 0.2) is 36.0 Å². The molecule has 0 fully saturated rings. The standard InChI is InChI=1S/C15H27N3O4.C14H20N2.C3H8/c1-10(14(21)22)7-8-18(6)13(20)12(15(2,3)4)17-11(19)9-16-5;1-10(2)13-9-16(4)14-6-5-11(8-15-3)7-12(13)14;1-3-2/h7,12,16H,8-9H2,1-6H3,(H,17,19)(H,21,22);5-7,9-10,15H,8H2,1-4H3;3H2,1-2H3/b10-7+;;. The molecule has 1 aromatic heterocycles. The molecule has 2 rings (SSSR count). The third-order valence-electron chi connectivity index (χ3n) is 6.23. The Morgan fingerprint density at radius 1 is 1.10 bits per heavy atom. The van der Waals surface area contributed by atoms with Crippen molar-refractivity contribution in [3.8, 4) is 0 Å². The molecule has 232 valence electrons. The number of hydrogen-bond acceptors (Lipinski definition) is 5. The van der Waals surface area contributed by atoms with Crippen LogP contribution in [0.2, 0.25) is 0 Å². The Morgan fingerprint density at radius 3 is 2.15 bits per heavy atom. The smallest absolute Gasteiger partial charge is 0.331 e. The number of carboxylic acids is 1. The molecule has 0 aliphatic heterocycles. The number of aliphatic carboxylic acids is 1. The zero-order chi connectivity index (χ0) is 31.9. The number of carbonyl (C=O) groups excluding carboxylic acids is 2. The third-order valence-corrected chi connectivity index (χ3v) is 6.23. The molecule has 0 radical (unpaired) electrons. The van der Waals surface area contributed by atoms with Crippen molar-refractivity contribution in [3.63, 3.8) is 0 Å². The van der Waals surface area contributed by atoms with Crippen LogP contribution in [-0.2, 0) is 28.0 Å². The number of carbonyl (C=O) groups is 3. The van der Waals surface area contributed by atoms with Crippen LogP contribution in [0.4, 0.5) is 0 Å². The first-order valence-corrected chi connectivity index (χ1v) is 14.4. The fourth-order valence-electron chi connectivity index (χ4n) is 3.94. The summed E-state index contributed by atoms with van der Waals surface area (Å²) in [5.74, 6) is -0.961. The molecule has 2 aromatic rings. The van der Waals surface area contributed by atoms with Gasteiger partial charge in [-0.3, -0.25) is 9.59 Å². The topological polar surface area (TPSA) is 116 Å². The molecule has 0 bridgehead atoms. The summed E-state index contributed by atoms with van der Waals surface area (Å²) >= 11 is 0. The minimum absolute atomic E-state index is 0.127. The molecule has 1 aromatic carbocycles. The van der Waals surface area contributed by atoms with Gasteiger partial charge in [0.1, 0.15) is 6.04 Å². The average molecular weight is 574 g/mol. The zero-order valence-electron chi connectivity index (χ0n) is 27.4. The highest BCUT2D eigenvalue weighted by molar-refractivity contribution is 5.89. The lowest BCUT2D eigenvalue weighted by atomic mass is 9.85. The highest BCUT2D eigenvalue weighted by Gasteiger charge is 2.34. The van der Waals surface area contributed by atoms with Crippen molar-refractivity contribution in [2.45, 2.75) is 80.3 Å². The number of nitrogens with one attached hydrogen (secondary N) is 3. The molecule has 0 aliphatic carbocycles. The van der Waals surface area contributed by atoms with E-state index >= 15 is 0 Å². The Morgan fingerprint density at radius 2 is 1.68 bits per heavy atom. The van der Waals surface area contributed by atoms with Gasteiger partial charge in [-0.05, 0) is 55.6 Å². The molecule has 1 unspecified atom stereocenters. The maximum atomic E-state index is 12.5. The summed E-state index contributed by atoms with van der Waals surface area (Å²) in [6.45, 7) is 17.0. The molecule has 9 heteroatoms. The molecule has 0 saturated carbocycles. The van der Waals surface area contributed by atoms with Gasteiger partial charge in [0.2, 0.25) is 11.8 Å². The van der Waals surface area contributed by atoms with E-state index in [0.717, 1.165) is 6.54 Å². The molecule has 0 spiro atoms. The molecule has 2 amide bonds. The molecular weight excluding hydrogens is 518 g/mol. The van der Waals surface area contributed by atoms with Gasteiger partial charge in [0.05, 0.1) is 6.54 Å². The molecule has 41 heavy (non-hydrogen) atoms. The monoisotopic (exact) mass is 573 g/mol. The van der Waals surface area contributed by atoms with Gasteiger partial charge in [-0.1, -0.05) is 67.0 Å². The molecular formula is C32H55N5O4. The van der Waals surface area contributed by atoms with Crippen molar-refractivity contribution in [2.75, 3.05) is 34.2 Å². The Balaban J connectivity index is 0.000000735. The quantitative estimate of drug-likeness (QED) is 0.307. The summed E-state index contributed by atoms with van der Waals surface area (Å²) in [7, 11) is 7.33. The molecule has 9 nitrogen and oxygen atoms in total. The first-order chi connectivity index (χ1) is 19.0. The van der Waals surface area contributed by atoms with Gasteiger partial charge in [0.25, 0.3) is 0 Å². The lowest BCUT2D eigenvalue weighted by molar-refractivity contribution is -0.137. The van der Waals surface area contributed by atoms with E-state index in [1.165, 1.54) is 46.4 Å². The van der Waals surface area contributed by atoms with Crippen molar-refractivity contribution in [2.24, 2.45) is 12.5 Å². The number of rotatable bonds is 10. The van der Waals surface area contributed by atoms with Crippen LogP contribution < -0.4 is 16.0 Å². The van der Waals surface area contributed by atoms with Crippen molar-refractivity contribution >= 4 is 28.7 Å². The Hall–Kier alpha value is -3.17. The number of benzene rings is 1. The number of amides is 2. The second-order valence-electron chi connectivity index (χ2n) is 11.7. The SMILES string of the molecule is CCC.CNCC(=O)NC(C(=O)N(C)C/C=C(\C)C(=O)O)C(C)(C)C.CNCc1ccc2c(c1)c(C(C)C)cn2C. The first kappa shape index (κ1) is 37.8. The number of hydrogen-bond donors (Lipinski definition) is 4. The van der Waals surface area contributed by atoms with Gasteiger partial charge >= 0.3 is 5.97 Å². The van der Waals surface area contributed by atoms with Crippen molar-refractivity contribution in [1.82, 2.24) is 25.4 Å². The van der Waals surface area contributed by atoms with Gasteiger partial charge in [-0.2, -0.15) is 0 Å². The molecule has 1 heterocycles. The Labute approximate surface area is 247 Å². The van der Waals surface area contributed by atoms with Gasteiger partial charge < -0.3 is 30.5 Å². The summed E-state index contributed by atoms with van der Waals surface area (Å²) in [4.78, 5) is 36.4. The van der Waals surface area contributed by atoms with E-state index in [1.54, 1.807) is 14.1 Å². The summed E-state index contributed by atoms with van der Waals surface area (Å²) < 4.78 is 2.22. The third kappa shape index (κ3) is 12.9. The zero-order valence-corrected chi connectivity index (χ0v) is 27.4. The average Bonchev–Trinajstić information content (AvgIpc) is 3.21. The van der Waals surface area contributed by atoms with Crippen LogP contribution in [0.5, 0.6) is 0 Å². The van der Waals surface area contributed by atoms with Crippen molar-refractivity contribution in [3.05, 3.63) is 47.2 Å². The number of likely N-dealkylation sites (N-methyl/N-ethyl adjacent to an activating group) is 2. The second kappa shape index (κ2) is 18.3. The van der Waals surface area contributed by atoms with E-state index in [9.17, 15) is 14.4 Å². The molecule has 1 atom stereocenters. The van der Waals surface area contributed by atoms with E-state index < -0.39 is 17.4 Å². The summed E-state index contributed by atoms with van der Waals surface area (Å²) in [5, 5.41) is 18.9. The second-order valence-corrected chi connectivity index (χ2v) is 11.7. The largest absolute Gasteiger partial charge is 0.478 e. The predicted molar refractivity (Wildman–Crippen MR) is 170 cm³/mol. The number of carboxylic acid groups (broad SMARTS) is 1. The molecule has 4 N–H and O–H groups in total. The summed E-state index contributed by atoms with van der Waals surface area (Å²) in [6.07, 6.45) is 4.97. The van der Waals surface area contributed by atoms with Crippen LogP contribution in [0.1, 0.15) is 78.9 Å². The first-order valence-electron chi connectivity index (χ1n) is 14.4. The van der Waals surface area contributed by atoms with Crippen LogP contribution in [0.25, 0.3) is 10.9 Å². The van der Waals surface area contributed by atoms with Crippen LogP contribution >= 0.6 is 0 Å². The number of nitrogens with zero attached hydrogens (tertiary/aromatic N) is 2. The van der Waals surface area contributed by atoms with E-state index in [1.807, 2.05) is 27.8 Å². The van der Waals surface area contributed by atoms with E-state index in [0.29, 0.717) is 5.92 Å². The summed E-state index contributed by atoms with van der Waals surface area (Å²) in [6, 6.07) is 6.04. The van der Waals surface area contributed by atoms with Crippen molar-refractivity contribution < 1.29 is 19.5 Å². The highest BCUT2D eigenvalue weighted by atomic mass is 16.4. The summed E-state index contributed by atoms with van der Waals surface area (Å²) in [5.41, 5.74) is 3.83. The highest BCUT2D eigenvalue weighted by Crippen LogP contribution is 2.27. The predicted octanol–water partition coefficient (Wildman–Crippen LogP) is 4.66. The molecule has 0 aliphatic rings. The Kier molecular flexibility index (Phi) is 16.9.